The maximum Gasteiger partial charge on any atom is 0.335 e. The number of anilines is 1. The van der Waals surface area contributed by atoms with Gasteiger partial charge in [-0.05, 0) is 66.1 Å². The number of nitrogens with zero attached hydrogens (tertiary/aromatic N) is 1. The Kier molecular flexibility index (Phi) is 6.66. The van der Waals surface area contributed by atoms with Crippen molar-refractivity contribution in [2.45, 2.75) is 13.5 Å². The van der Waals surface area contributed by atoms with Crippen LogP contribution in [0.25, 0.3) is 6.08 Å². The number of benzene rings is 3. The van der Waals surface area contributed by atoms with Gasteiger partial charge >= 0.3 is 12.0 Å². The number of carboxylic acids is 1. The van der Waals surface area contributed by atoms with Crippen molar-refractivity contribution in [3.63, 3.8) is 0 Å². The van der Waals surface area contributed by atoms with Gasteiger partial charge in [0.25, 0.3) is 11.8 Å². The summed E-state index contributed by atoms with van der Waals surface area (Å²) in [5.41, 5.74) is 2.38. The third-order valence-electron chi connectivity index (χ3n) is 5.31. The van der Waals surface area contributed by atoms with Crippen LogP contribution in [0.5, 0.6) is 5.75 Å². The van der Waals surface area contributed by atoms with Crippen LogP contribution >= 0.6 is 11.6 Å². The summed E-state index contributed by atoms with van der Waals surface area (Å²) in [6.07, 6.45) is 1.39. The number of carbonyl (C=O) groups is 4. The first-order valence-electron chi connectivity index (χ1n) is 10.5. The van der Waals surface area contributed by atoms with Crippen molar-refractivity contribution < 1.29 is 29.0 Å². The molecule has 2 N–H and O–H groups in total. The molecular weight excluding hydrogens is 472 g/mol. The van der Waals surface area contributed by atoms with Gasteiger partial charge in [0.15, 0.2) is 0 Å². The molecule has 9 heteroatoms. The molecule has 4 amide bonds. The number of ether oxygens (including phenoxy) is 1. The van der Waals surface area contributed by atoms with E-state index in [0.29, 0.717) is 16.3 Å². The number of halogens is 1. The van der Waals surface area contributed by atoms with E-state index in [9.17, 15) is 19.2 Å². The van der Waals surface area contributed by atoms with Gasteiger partial charge in [-0.2, -0.15) is 0 Å². The number of carboxylic acid groups (broad SMARTS) is 1. The van der Waals surface area contributed by atoms with Crippen molar-refractivity contribution >= 4 is 47.2 Å². The molecule has 0 spiro atoms. The molecule has 35 heavy (non-hydrogen) atoms. The van der Waals surface area contributed by atoms with Crippen molar-refractivity contribution in [3.05, 3.63) is 99.6 Å². The van der Waals surface area contributed by atoms with E-state index in [0.717, 1.165) is 16.0 Å². The zero-order chi connectivity index (χ0) is 25.1. The summed E-state index contributed by atoms with van der Waals surface area (Å²) in [5.74, 6) is -2.01. The highest BCUT2D eigenvalue weighted by atomic mass is 35.5. The normalized spacial score (nSPS) is 14.7. The summed E-state index contributed by atoms with van der Waals surface area (Å²) in [5, 5.41) is 11.5. The van der Waals surface area contributed by atoms with Crippen molar-refractivity contribution in [2.24, 2.45) is 0 Å². The fraction of sp³-hybridized carbons (Fsp3) is 0.0769. The van der Waals surface area contributed by atoms with Gasteiger partial charge in [-0.25, -0.2) is 14.5 Å². The fourth-order valence-electron chi connectivity index (χ4n) is 3.35. The maximum absolute atomic E-state index is 13.0. The number of hydrogen-bond acceptors (Lipinski definition) is 5. The molecule has 0 aliphatic carbocycles. The smallest absolute Gasteiger partial charge is 0.335 e. The number of carbonyl (C=O) groups excluding carboxylic acids is 3. The summed E-state index contributed by atoms with van der Waals surface area (Å²) < 4.78 is 5.71. The van der Waals surface area contributed by atoms with E-state index in [2.05, 4.69) is 5.32 Å². The number of imide groups is 2. The Morgan fingerprint density at radius 1 is 1.03 bits per heavy atom. The molecule has 0 atom stereocenters. The number of barbiturate groups is 1. The fourth-order valence-corrected chi connectivity index (χ4v) is 3.52. The van der Waals surface area contributed by atoms with E-state index in [1.165, 1.54) is 24.3 Å². The average Bonchev–Trinajstić information content (AvgIpc) is 2.83. The van der Waals surface area contributed by atoms with Gasteiger partial charge in [0.05, 0.1) is 11.3 Å². The average molecular weight is 491 g/mol. The van der Waals surface area contributed by atoms with E-state index in [1.807, 2.05) is 0 Å². The van der Waals surface area contributed by atoms with Gasteiger partial charge in [-0.3, -0.25) is 14.9 Å². The van der Waals surface area contributed by atoms with Crippen LogP contribution in [0.3, 0.4) is 0 Å². The van der Waals surface area contributed by atoms with Crippen LogP contribution < -0.4 is 15.0 Å². The second-order valence-corrected chi connectivity index (χ2v) is 8.16. The highest BCUT2D eigenvalue weighted by Gasteiger charge is 2.36. The highest BCUT2D eigenvalue weighted by molar-refractivity contribution is 6.39. The van der Waals surface area contributed by atoms with E-state index in [-0.39, 0.29) is 23.4 Å². The van der Waals surface area contributed by atoms with E-state index in [1.54, 1.807) is 55.5 Å². The van der Waals surface area contributed by atoms with Crippen molar-refractivity contribution in [2.75, 3.05) is 4.90 Å². The zero-order valence-corrected chi connectivity index (χ0v) is 19.2. The van der Waals surface area contributed by atoms with E-state index >= 15 is 0 Å². The Hall–Kier alpha value is -4.43. The van der Waals surface area contributed by atoms with E-state index in [4.69, 9.17) is 21.4 Å². The number of nitrogens with one attached hydrogen (secondary N) is 1. The van der Waals surface area contributed by atoms with Crippen molar-refractivity contribution in [1.29, 1.82) is 0 Å². The van der Waals surface area contributed by atoms with Crippen molar-refractivity contribution in [3.8, 4) is 5.75 Å². The minimum atomic E-state index is -0.998. The van der Waals surface area contributed by atoms with Gasteiger partial charge in [0, 0.05) is 5.02 Å². The van der Waals surface area contributed by atoms with Crippen molar-refractivity contribution in [1.82, 2.24) is 5.32 Å². The Bertz CT molecular complexity index is 1360. The molecule has 1 fully saturated rings. The number of aryl methyl sites for hydroxylation is 1. The second kappa shape index (κ2) is 9.82. The van der Waals surface area contributed by atoms with Gasteiger partial charge in [-0.15, -0.1) is 0 Å². The molecule has 0 aromatic heterocycles. The third-order valence-corrected chi connectivity index (χ3v) is 5.72. The number of rotatable bonds is 6. The number of hydrogen-bond donors (Lipinski definition) is 2. The molecule has 0 unspecified atom stereocenters. The predicted octanol–water partition coefficient (Wildman–Crippen LogP) is 4.59. The zero-order valence-electron chi connectivity index (χ0n) is 18.4. The van der Waals surface area contributed by atoms with E-state index < -0.39 is 23.8 Å². The Morgan fingerprint density at radius 2 is 1.71 bits per heavy atom. The monoisotopic (exact) mass is 490 g/mol. The van der Waals surface area contributed by atoms with Gasteiger partial charge in [0.2, 0.25) is 0 Å². The van der Waals surface area contributed by atoms with Gasteiger partial charge < -0.3 is 9.84 Å². The summed E-state index contributed by atoms with van der Waals surface area (Å²) in [7, 11) is 0. The van der Waals surface area contributed by atoms with Crippen LogP contribution in [0.15, 0.2) is 72.3 Å². The molecule has 0 radical (unpaired) electrons. The van der Waals surface area contributed by atoms with Crippen LogP contribution in [-0.4, -0.2) is 28.9 Å². The molecule has 4 rings (SSSR count). The number of urea groups is 1. The lowest BCUT2D eigenvalue weighted by atomic mass is 10.1. The van der Waals surface area contributed by atoms with Crippen LogP contribution in [0.4, 0.5) is 10.5 Å². The van der Waals surface area contributed by atoms with Crippen LogP contribution in [0.2, 0.25) is 5.02 Å². The maximum atomic E-state index is 13.0. The van der Waals surface area contributed by atoms with Crippen LogP contribution in [0.1, 0.15) is 27.0 Å². The SMILES string of the molecule is Cc1ccc(N2C(=O)NC(=O)C(=Cc3ccc(OCc4ccc(C(=O)O)cc4)cc3)C2=O)cc1Cl. The molecule has 0 saturated carbocycles. The molecule has 176 valence electrons. The molecule has 1 aliphatic heterocycles. The first-order chi connectivity index (χ1) is 16.7. The third kappa shape index (κ3) is 5.23. The lowest BCUT2D eigenvalue weighted by Crippen LogP contribution is -2.54. The lowest BCUT2D eigenvalue weighted by molar-refractivity contribution is -0.122. The quantitative estimate of drug-likeness (QED) is 0.386. The highest BCUT2D eigenvalue weighted by Crippen LogP contribution is 2.27. The van der Waals surface area contributed by atoms with Crippen LogP contribution in [-0.2, 0) is 16.2 Å². The summed E-state index contributed by atoms with van der Waals surface area (Å²) >= 11 is 6.14. The lowest BCUT2D eigenvalue weighted by Gasteiger charge is -2.26. The van der Waals surface area contributed by atoms with Gasteiger partial charge in [-0.1, -0.05) is 41.9 Å². The summed E-state index contributed by atoms with van der Waals surface area (Å²) in [6, 6.07) is 16.9. The Balaban J connectivity index is 1.49. The topological polar surface area (TPSA) is 113 Å². The second-order valence-electron chi connectivity index (χ2n) is 7.75. The first kappa shape index (κ1) is 23.7. The standard InChI is InChI=1S/C26H19ClN2O6/c1-15-2-9-19(13-22(15)27)29-24(31)21(23(30)28-26(29)34)12-16-5-10-20(11-6-16)35-14-17-3-7-18(8-4-17)25(32)33/h2-13H,14H2,1H3,(H,32,33)(H,28,30,34). The predicted molar refractivity (Wildman–Crippen MR) is 129 cm³/mol. The molecule has 1 aliphatic rings. The molecule has 3 aromatic rings. The Labute approximate surface area is 205 Å². The largest absolute Gasteiger partial charge is 0.489 e. The summed E-state index contributed by atoms with van der Waals surface area (Å²) in [6.45, 7) is 2.03. The molecule has 3 aromatic carbocycles. The van der Waals surface area contributed by atoms with Gasteiger partial charge in [0.1, 0.15) is 17.9 Å². The Morgan fingerprint density at radius 3 is 2.34 bits per heavy atom. The first-order valence-corrected chi connectivity index (χ1v) is 10.8. The molecule has 8 nitrogen and oxygen atoms in total. The molecule has 0 bridgehead atoms. The number of amides is 4. The summed E-state index contributed by atoms with van der Waals surface area (Å²) in [4.78, 5) is 49.5. The molecular formula is C26H19ClN2O6. The molecule has 1 heterocycles. The molecule has 1 saturated heterocycles. The van der Waals surface area contributed by atoms with Crippen LogP contribution in [0, 0.1) is 6.92 Å². The minimum absolute atomic E-state index is 0.193. The minimum Gasteiger partial charge on any atom is -0.489 e. The number of aromatic carboxylic acids is 1.